The number of alkyl halides is 6. The van der Waals surface area contributed by atoms with Gasteiger partial charge in [-0.3, -0.25) is 4.72 Å². The van der Waals surface area contributed by atoms with Gasteiger partial charge in [-0.2, -0.15) is 26.3 Å². The van der Waals surface area contributed by atoms with E-state index in [1.807, 2.05) is 4.90 Å². The fourth-order valence-electron chi connectivity index (χ4n) is 4.40. The van der Waals surface area contributed by atoms with Crippen molar-refractivity contribution in [3.63, 3.8) is 0 Å². The molecule has 0 bridgehead atoms. The molecule has 4 aromatic rings. The summed E-state index contributed by atoms with van der Waals surface area (Å²) in [5, 5.41) is 10.5. The van der Waals surface area contributed by atoms with Crippen molar-refractivity contribution >= 4 is 38.4 Å². The Morgan fingerprint density at radius 1 is 0.979 bits per heavy atom. The van der Waals surface area contributed by atoms with Gasteiger partial charge in [-0.15, -0.1) is 0 Å². The number of anilines is 2. The number of benzene rings is 2. The molecule has 0 saturated carbocycles. The number of fused-ring (bicyclic) bond motifs is 1. The molecular weight excluding hydrogens is 672 g/mol. The van der Waals surface area contributed by atoms with Gasteiger partial charge in [-0.05, 0) is 35.9 Å². The number of nitrogens with one attached hydrogen (secondary N) is 2. The van der Waals surface area contributed by atoms with Crippen LogP contribution < -0.4 is 19.7 Å². The number of carboxylic acids is 1. The first-order valence-corrected chi connectivity index (χ1v) is 14.5. The number of pyridine rings is 1. The number of sulfonamides is 1. The predicted molar refractivity (Wildman–Crippen MR) is 150 cm³/mol. The van der Waals surface area contributed by atoms with Gasteiger partial charge >= 0.3 is 18.3 Å². The molecule has 0 radical (unpaired) electrons. The van der Waals surface area contributed by atoms with Crippen LogP contribution in [0, 0.1) is 11.6 Å². The fraction of sp³-hybridized carbons (Fsp3) is 0.259. The molecule has 2 aromatic carbocycles. The SMILES string of the molecule is COc1ncc(-c2cc(C(F)(F)F)c3ncnc(N4CCNCC4)c3c2)cc1NS(=O)(=O)c1ccc(F)cc1F.O=C(O)C(F)(F)F. The molecule has 3 N–H and O–H groups in total. The van der Waals surface area contributed by atoms with Gasteiger partial charge in [-0.1, -0.05) is 0 Å². The Morgan fingerprint density at radius 3 is 2.21 bits per heavy atom. The first-order chi connectivity index (χ1) is 21.9. The summed E-state index contributed by atoms with van der Waals surface area (Å²) >= 11 is 0. The summed E-state index contributed by atoms with van der Waals surface area (Å²) in [6.45, 7) is 2.29. The standard InChI is InChI=1S/C25H21F5N6O3S.C2HF3O2/c1-39-24-20(35-40(37,38)21-3-2-16(26)11-19(21)27)10-15(12-32-24)14-8-17-22(18(9-14)25(28,29)30)33-13-34-23(17)36-6-4-31-5-7-36;3-2(4,5)1(6)7/h2-3,8-13,31,35H,4-7H2,1H3;(H,6,7). The highest BCUT2D eigenvalue weighted by Gasteiger charge is 2.38. The van der Waals surface area contributed by atoms with Crippen LogP contribution in [0.25, 0.3) is 22.0 Å². The summed E-state index contributed by atoms with van der Waals surface area (Å²) < 4.78 is 135. The van der Waals surface area contributed by atoms with E-state index in [-0.39, 0.29) is 33.6 Å². The number of nitrogens with zero attached hydrogens (tertiary/aromatic N) is 4. The molecule has 2 aromatic heterocycles. The molecule has 1 fully saturated rings. The van der Waals surface area contributed by atoms with Crippen molar-refractivity contribution < 1.29 is 58.2 Å². The average molecular weight is 695 g/mol. The van der Waals surface area contributed by atoms with Crippen molar-refractivity contribution in [2.75, 3.05) is 42.9 Å². The number of methoxy groups -OCH3 is 1. The normalized spacial score (nSPS) is 13.9. The van der Waals surface area contributed by atoms with E-state index in [0.29, 0.717) is 38.1 Å². The van der Waals surface area contributed by atoms with Crippen molar-refractivity contribution in [1.29, 1.82) is 0 Å². The molecule has 0 aliphatic carbocycles. The van der Waals surface area contributed by atoms with Gasteiger partial charge in [0, 0.05) is 49.4 Å². The monoisotopic (exact) mass is 694 g/mol. The number of hydrogen-bond acceptors (Lipinski definition) is 9. The first-order valence-electron chi connectivity index (χ1n) is 13.1. The maximum atomic E-state index is 14.2. The van der Waals surface area contributed by atoms with Crippen LogP contribution in [0.2, 0.25) is 0 Å². The van der Waals surface area contributed by atoms with E-state index in [9.17, 15) is 43.5 Å². The van der Waals surface area contributed by atoms with Crippen LogP contribution in [0.3, 0.4) is 0 Å². The Bertz CT molecular complexity index is 1900. The van der Waals surface area contributed by atoms with Crippen LogP contribution in [0.4, 0.5) is 46.6 Å². The molecule has 0 atom stereocenters. The summed E-state index contributed by atoms with van der Waals surface area (Å²) in [7, 11) is -3.40. The number of rotatable bonds is 6. The van der Waals surface area contributed by atoms with E-state index in [2.05, 4.69) is 25.0 Å². The quantitative estimate of drug-likeness (QED) is 0.240. The lowest BCUT2D eigenvalue weighted by molar-refractivity contribution is -0.192. The zero-order valence-corrected chi connectivity index (χ0v) is 24.6. The van der Waals surface area contributed by atoms with Gasteiger partial charge in [0.15, 0.2) is 0 Å². The van der Waals surface area contributed by atoms with Crippen molar-refractivity contribution in [3.05, 3.63) is 66.1 Å². The molecule has 1 saturated heterocycles. The predicted octanol–water partition coefficient (Wildman–Crippen LogP) is 4.84. The minimum absolute atomic E-state index is 0.0505. The van der Waals surface area contributed by atoms with Gasteiger partial charge in [0.05, 0.1) is 18.2 Å². The lowest BCUT2D eigenvalue weighted by atomic mass is 9.99. The van der Waals surface area contributed by atoms with E-state index >= 15 is 0 Å². The van der Waals surface area contributed by atoms with Crippen LogP contribution in [-0.4, -0.2) is 73.9 Å². The van der Waals surface area contributed by atoms with Crippen LogP contribution in [-0.2, 0) is 21.0 Å². The van der Waals surface area contributed by atoms with Crippen molar-refractivity contribution in [2.45, 2.75) is 17.2 Å². The van der Waals surface area contributed by atoms with Crippen LogP contribution in [0.1, 0.15) is 5.56 Å². The maximum Gasteiger partial charge on any atom is 0.490 e. The number of aromatic nitrogens is 3. The smallest absolute Gasteiger partial charge is 0.480 e. The van der Waals surface area contributed by atoms with Crippen molar-refractivity contribution in [2.24, 2.45) is 0 Å². The highest BCUT2D eigenvalue weighted by Crippen LogP contribution is 2.40. The topological polar surface area (TPSA) is 147 Å². The second kappa shape index (κ2) is 13.5. The Kier molecular flexibility index (Phi) is 10.0. The molecule has 252 valence electrons. The Hall–Kier alpha value is -4.85. The number of halogens is 8. The van der Waals surface area contributed by atoms with Gasteiger partial charge in [-0.25, -0.2) is 36.9 Å². The van der Waals surface area contributed by atoms with E-state index in [1.54, 1.807) is 0 Å². The third kappa shape index (κ3) is 8.12. The molecule has 3 heterocycles. The third-order valence-corrected chi connectivity index (χ3v) is 7.89. The molecule has 0 unspecified atom stereocenters. The fourth-order valence-corrected chi connectivity index (χ4v) is 5.51. The molecule has 0 amide bonds. The van der Waals surface area contributed by atoms with Gasteiger partial charge < -0.3 is 20.1 Å². The number of aliphatic carboxylic acids is 1. The molecule has 1 aliphatic heterocycles. The number of piperazine rings is 1. The maximum absolute atomic E-state index is 14.2. The zero-order valence-electron chi connectivity index (χ0n) is 23.7. The zero-order chi connectivity index (χ0) is 34.7. The number of carboxylic acid groups (broad SMARTS) is 1. The first kappa shape index (κ1) is 35.0. The van der Waals surface area contributed by atoms with E-state index in [4.69, 9.17) is 14.6 Å². The minimum atomic E-state index is -5.08. The van der Waals surface area contributed by atoms with Gasteiger partial charge in [0.1, 0.15) is 34.4 Å². The molecule has 1 aliphatic rings. The summed E-state index contributed by atoms with van der Waals surface area (Å²) in [5.74, 6) is -4.96. The van der Waals surface area contributed by atoms with Crippen LogP contribution in [0.5, 0.6) is 5.88 Å². The third-order valence-electron chi connectivity index (χ3n) is 6.49. The number of hydrogen-bond donors (Lipinski definition) is 3. The average Bonchev–Trinajstić information content (AvgIpc) is 2.99. The molecule has 20 heteroatoms. The highest BCUT2D eigenvalue weighted by atomic mass is 32.2. The minimum Gasteiger partial charge on any atom is -0.480 e. The Labute approximate surface area is 260 Å². The summed E-state index contributed by atoms with van der Waals surface area (Å²) in [4.78, 5) is 22.1. The van der Waals surface area contributed by atoms with Crippen molar-refractivity contribution in [3.8, 4) is 17.0 Å². The van der Waals surface area contributed by atoms with Gasteiger partial charge in [0.25, 0.3) is 10.0 Å². The lowest BCUT2D eigenvalue weighted by Crippen LogP contribution is -2.44. The highest BCUT2D eigenvalue weighted by molar-refractivity contribution is 7.92. The van der Waals surface area contributed by atoms with E-state index < -0.39 is 50.4 Å². The van der Waals surface area contributed by atoms with Crippen molar-refractivity contribution in [1.82, 2.24) is 20.3 Å². The lowest BCUT2D eigenvalue weighted by Gasteiger charge is -2.29. The Balaban J connectivity index is 0.000000644. The van der Waals surface area contributed by atoms with E-state index in [0.717, 1.165) is 24.5 Å². The molecule has 11 nitrogen and oxygen atoms in total. The van der Waals surface area contributed by atoms with E-state index in [1.165, 1.54) is 25.4 Å². The second-order valence-electron chi connectivity index (χ2n) is 9.62. The number of carbonyl (C=O) groups is 1. The number of ether oxygens (including phenoxy) is 1. The van der Waals surface area contributed by atoms with Gasteiger partial charge in [0.2, 0.25) is 5.88 Å². The molecule has 47 heavy (non-hydrogen) atoms. The van der Waals surface area contributed by atoms with Crippen LogP contribution >= 0.6 is 0 Å². The molecule has 0 spiro atoms. The second-order valence-corrected chi connectivity index (χ2v) is 11.3. The summed E-state index contributed by atoms with van der Waals surface area (Å²) in [6.07, 6.45) is -7.55. The Morgan fingerprint density at radius 2 is 1.64 bits per heavy atom. The largest absolute Gasteiger partial charge is 0.490 e. The molecule has 5 rings (SSSR count). The summed E-state index contributed by atoms with van der Waals surface area (Å²) in [6, 6.07) is 5.50. The summed E-state index contributed by atoms with van der Waals surface area (Å²) in [5.41, 5.74) is -1.42. The molecular formula is C27H22F8N6O5S. The van der Waals surface area contributed by atoms with Crippen LogP contribution in [0.15, 0.2) is 53.8 Å².